The molecule has 16 heavy (non-hydrogen) atoms. The number of nitrogens with zero attached hydrogens (tertiary/aromatic N) is 1. The first-order chi connectivity index (χ1) is 7.63. The molecule has 1 aromatic carbocycles. The van der Waals surface area contributed by atoms with Gasteiger partial charge in [-0.2, -0.15) is 0 Å². The lowest BCUT2D eigenvalue weighted by Gasteiger charge is -2.18. The molecule has 1 aromatic rings. The first-order valence-electron chi connectivity index (χ1n) is 5.47. The number of hydrogen-bond donors (Lipinski definition) is 2. The molecule has 88 valence electrons. The maximum atomic E-state index is 11.3. The van der Waals surface area contributed by atoms with Crippen molar-refractivity contribution in [3.8, 4) is 0 Å². The van der Waals surface area contributed by atoms with Crippen molar-refractivity contribution in [3.05, 3.63) is 24.3 Å². The van der Waals surface area contributed by atoms with Crippen LogP contribution in [0.5, 0.6) is 0 Å². The normalized spacial score (nSPS) is 9.88. The molecular formula is C12H19N3O. The molecule has 0 bridgehead atoms. The largest absolute Gasteiger partial charge is 0.399 e. The molecule has 0 unspecified atom stereocenters. The summed E-state index contributed by atoms with van der Waals surface area (Å²) < 4.78 is 0. The molecule has 0 aliphatic carbocycles. The number of rotatable bonds is 5. The molecule has 3 N–H and O–H groups in total. The maximum Gasteiger partial charge on any atom is 0.221 e. The molecule has 0 aliphatic heterocycles. The zero-order valence-corrected chi connectivity index (χ0v) is 9.86. The van der Waals surface area contributed by atoms with Gasteiger partial charge < -0.3 is 16.0 Å². The quantitative estimate of drug-likeness (QED) is 0.735. The van der Waals surface area contributed by atoms with E-state index in [2.05, 4.69) is 5.32 Å². The number of nitrogen functional groups attached to an aromatic ring is 1. The summed E-state index contributed by atoms with van der Waals surface area (Å²) in [6.07, 6.45) is 0.509. The molecular weight excluding hydrogens is 202 g/mol. The van der Waals surface area contributed by atoms with Gasteiger partial charge in [0, 0.05) is 37.9 Å². The topological polar surface area (TPSA) is 58.4 Å². The molecule has 4 nitrogen and oxygen atoms in total. The van der Waals surface area contributed by atoms with Crippen molar-refractivity contribution in [1.82, 2.24) is 5.32 Å². The second-order valence-electron chi connectivity index (χ2n) is 3.72. The van der Waals surface area contributed by atoms with E-state index in [0.29, 0.717) is 19.5 Å². The number of amides is 1. The monoisotopic (exact) mass is 221 g/mol. The molecule has 0 spiro atoms. The van der Waals surface area contributed by atoms with Gasteiger partial charge in [0.25, 0.3) is 0 Å². The fourth-order valence-electron chi connectivity index (χ4n) is 1.41. The molecule has 4 heteroatoms. The Hall–Kier alpha value is -1.71. The highest BCUT2D eigenvalue weighted by Gasteiger charge is 2.04. The number of nitrogens with two attached hydrogens (primary N) is 1. The lowest BCUT2D eigenvalue weighted by molar-refractivity contribution is -0.120. The Bertz CT molecular complexity index is 335. The van der Waals surface area contributed by atoms with Gasteiger partial charge in [0.2, 0.25) is 5.91 Å². The highest BCUT2D eigenvalue weighted by Crippen LogP contribution is 2.14. The van der Waals surface area contributed by atoms with Crippen LogP contribution in [0.2, 0.25) is 0 Å². The number of nitrogens with one attached hydrogen (secondary N) is 1. The molecule has 0 aromatic heterocycles. The fraction of sp³-hybridized carbons (Fsp3) is 0.417. The van der Waals surface area contributed by atoms with Crippen LogP contribution in [0.1, 0.15) is 13.3 Å². The highest BCUT2D eigenvalue weighted by molar-refractivity contribution is 5.76. The predicted octanol–water partition coefficient (Wildman–Crippen LogP) is 1.23. The molecule has 1 amide bonds. The van der Waals surface area contributed by atoms with Crippen LogP contribution in [0.4, 0.5) is 11.4 Å². The molecule has 0 aliphatic rings. The Morgan fingerprint density at radius 1 is 1.38 bits per heavy atom. The van der Waals surface area contributed by atoms with Gasteiger partial charge in [-0.05, 0) is 31.2 Å². The average Bonchev–Trinajstić information content (AvgIpc) is 2.27. The average molecular weight is 221 g/mol. The minimum absolute atomic E-state index is 0.0878. The number of benzene rings is 1. The summed E-state index contributed by atoms with van der Waals surface area (Å²) in [5, 5.41) is 2.78. The summed E-state index contributed by atoms with van der Waals surface area (Å²) in [5.74, 6) is 0.0878. The lowest BCUT2D eigenvalue weighted by Crippen LogP contribution is -2.28. The van der Waals surface area contributed by atoms with Gasteiger partial charge in [0.15, 0.2) is 0 Å². The number of carbonyl (C=O) groups excluding carboxylic acids is 1. The minimum atomic E-state index is 0.0878. The van der Waals surface area contributed by atoms with Gasteiger partial charge in [-0.1, -0.05) is 0 Å². The van der Waals surface area contributed by atoms with Gasteiger partial charge in [-0.25, -0.2) is 0 Å². The van der Waals surface area contributed by atoms with Gasteiger partial charge in [-0.15, -0.1) is 0 Å². The summed E-state index contributed by atoms with van der Waals surface area (Å²) in [7, 11) is 1.96. The Morgan fingerprint density at radius 2 is 2.00 bits per heavy atom. The standard InChI is InChI=1S/C12H19N3O/c1-3-14-12(16)8-9-15(2)11-6-4-10(13)5-7-11/h4-7H,3,8-9,13H2,1-2H3,(H,14,16). The fourth-order valence-corrected chi connectivity index (χ4v) is 1.41. The van der Waals surface area contributed by atoms with Crippen molar-refractivity contribution < 1.29 is 4.79 Å². The van der Waals surface area contributed by atoms with E-state index in [0.717, 1.165) is 11.4 Å². The van der Waals surface area contributed by atoms with Crippen LogP contribution < -0.4 is 16.0 Å². The summed E-state index contributed by atoms with van der Waals surface area (Å²) in [6, 6.07) is 7.62. The van der Waals surface area contributed by atoms with Crippen LogP contribution in [0, 0.1) is 0 Å². The van der Waals surface area contributed by atoms with Crippen LogP contribution in [-0.2, 0) is 4.79 Å². The molecule has 1 rings (SSSR count). The van der Waals surface area contributed by atoms with E-state index in [9.17, 15) is 4.79 Å². The zero-order valence-electron chi connectivity index (χ0n) is 9.86. The summed E-state index contributed by atoms with van der Waals surface area (Å²) >= 11 is 0. The molecule has 0 heterocycles. The molecule has 0 saturated heterocycles. The van der Waals surface area contributed by atoms with Crippen LogP contribution in [0.15, 0.2) is 24.3 Å². The second-order valence-corrected chi connectivity index (χ2v) is 3.72. The third-order valence-electron chi connectivity index (χ3n) is 2.38. The highest BCUT2D eigenvalue weighted by atomic mass is 16.1. The van der Waals surface area contributed by atoms with Crippen molar-refractivity contribution in [1.29, 1.82) is 0 Å². The molecule has 0 atom stereocenters. The van der Waals surface area contributed by atoms with Gasteiger partial charge in [-0.3, -0.25) is 4.79 Å². The number of hydrogen-bond acceptors (Lipinski definition) is 3. The SMILES string of the molecule is CCNC(=O)CCN(C)c1ccc(N)cc1. The maximum absolute atomic E-state index is 11.3. The van der Waals surface area contributed by atoms with Gasteiger partial charge >= 0.3 is 0 Å². The van der Waals surface area contributed by atoms with E-state index in [1.165, 1.54) is 0 Å². The van der Waals surface area contributed by atoms with Crippen LogP contribution in [-0.4, -0.2) is 26.0 Å². The first kappa shape index (κ1) is 12.4. The van der Waals surface area contributed by atoms with Crippen LogP contribution in [0.25, 0.3) is 0 Å². The smallest absolute Gasteiger partial charge is 0.221 e. The van der Waals surface area contributed by atoms with E-state index in [-0.39, 0.29) is 5.91 Å². The van der Waals surface area contributed by atoms with Crippen LogP contribution >= 0.6 is 0 Å². The van der Waals surface area contributed by atoms with E-state index in [1.54, 1.807) is 0 Å². The Labute approximate surface area is 96.4 Å². The van der Waals surface area contributed by atoms with E-state index >= 15 is 0 Å². The number of anilines is 2. The Balaban J connectivity index is 2.43. The summed E-state index contributed by atoms with van der Waals surface area (Å²) in [6.45, 7) is 3.31. The van der Waals surface area contributed by atoms with Gasteiger partial charge in [0.05, 0.1) is 0 Å². The second kappa shape index (κ2) is 6.00. The minimum Gasteiger partial charge on any atom is -0.399 e. The third kappa shape index (κ3) is 3.81. The molecule has 0 radical (unpaired) electrons. The third-order valence-corrected chi connectivity index (χ3v) is 2.38. The molecule has 0 saturated carbocycles. The van der Waals surface area contributed by atoms with Crippen molar-refractivity contribution in [2.24, 2.45) is 0 Å². The Morgan fingerprint density at radius 3 is 2.56 bits per heavy atom. The lowest BCUT2D eigenvalue weighted by atomic mass is 10.2. The summed E-state index contributed by atoms with van der Waals surface area (Å²) in [4.78, 5) is 13.3. The first-order valence-corrected chi connectivity index (χ1v) is 5.47. The van der Waals surface area contributed by atoms with Crippen molar-refractivity contribution in [2.75, 3.05) is 30.8 Å². The van der Waals surface area contributed by atoms with Crippen molar-refractivity contribution in [2.45, 2.75) is 13.3 Å². The van der Waals surface area contributed by atoms with E-state index in [4.69, 9.17) is 5.73 Å². The molecule has 0 fully saturated rings. The van der Waals surface area contributed by atoms with Crippen molar-refractivity contribution >= 4 is 17.3 Å². The predicted molar refractivity (Wildman–Crippen MR) is 67.4 cm³/mol. The zero-order chi connectivity index (χ0) is 12.0. The van der Waals surface area contributed by atoms with E-state index in [1.807, 2.05) is 43.1 Å². The number of carbonyl (C=O) groups is 1. The Kier molecular flexibility index (Phi) is 4.64. The summed E-state index contributed by atoms with van der Waals surface area (Å²) in [5.41, 5.74) is 7.42. The van der Waals surface area contributed by atoms with Crippen LogP contribution in [0.3, 0.4) is 0 Å². The van der Waals surface area contributed by atoms with Gasteiger partial charge in [0.1, 0.15) is 0 Å². The van der Waals surface area contributed by atoms with Crippen molar-refractivity contribution in [3.63, 3.8) is 0 Å². The van der Waals surface area contributed by atoms with E-state index < -0.39 is 0 Å².